The Bertz CT molecular complexity index is 392. The summed E-state index contributed by atoms with van der Waals surface area (Å²) in [6.45, 7) is 0.815. The van der Waals surface area contributed by atoms with Crippen LogP contribution < -0.4 is 0 Å². The second kappa shape index (κ2) is 20.2. The third-order valence-electron chi connectivity index (χ3n) is 5.51. The summed E-state index contributed by atoms with van der Waals surface area (Å²) in [6.07, 6.45) is 11.0. The first-order chi connectivity index (χ1) is 14.5. The van der Waals surface area contributed by atoms with Crippen LogP contribution in [0.4, 0.5) is 0 Å². The molecule has 0 amide bonds. The summed E-state index contributed by atoms with van der Waals surface area (Å²) in [7, 11) is 0. The van der Waals surface area contributed by atoms with E-state index < -0.39 is 43.6 Å². The van der Waals surface area contributed by atoms with E-state index in [0.717, 1.165) is 19.3 Å². The zero-order valence-corrected chi connectivity index (χ0v) is 18.9. The average molecular weight is 435 g/mol. The van der Waals surface area contributed by atoms with Crippen LogP contribution in [0.5, 0.6) is 0 Å². The summed E-state index contributed by atoms with van der Waals surface area (Å²) in [6, 6.07) is 0. The largest absolute Gasteiger partial charge is 0.457 e. The summed E-state index contributed by atoms with van der Waals surface area (Å²) >= 11 is 0. The van der Waals surface area contributed by atoms with Crippen LogP contribution >= 0.6 is 0 Å². The first-order valence-corrected chi connectivity index (χ1v) is 11.9. The maximum atomic E-state index is 11.9. The fourth-order valence-corrected chi connectivity index (χ4v) is 3.46. The molecule has 0 saturated heterocycles. The molecule has 0 fully saturated rings. The lowest BCUT2D eigenvalue weighted by Crippen LogP contribution is -2.48. The molecule has 180 valence electrons. The maximum Gasteiger partial charge on any atom is 0.306 e. The Balaban J connectivity index is 3.64. The minimum absolute atomic E-state index is 0.180. The number of rotatable bonds is 21. The minimum atomic E-state index is -1.71. The number of esters is 1. The zero-order valence-electron chi connectivity index (χ0n) is 18.9. The molecule has 0 unspecified atom stereocenters. The van der Waals surface area contributed by atoms with Gasteiger partial charge in [0.2, 0.25) is 0 Å². The number of hydrogen-bond acceptors (Lipinski definition) is 7. The lowest BCUT2D eigenvalue weighted by molar-refractivity contribution is -0.171. The van der Waals surface area contributed by atoms with E-state index in [2.05, 4.69) is 6.92 Å². The van der Waals surface area contributed by atoms with Gasteiger partial charge in [0.25, 0.3) is 0 Å². The Morgan fingerprint density at radius 2 is 1.10 bits per heavy atom. The SMILES string of the molecule is CCCCCCCCCCCCCCCCC(=O)O[C@@H](CO)[C@H](O)[C@@H](O)[C@@H](O)CO. The van der Waals surface area contributed by atoms with Crippen molar-refractivity contribution in [2.75, 3.05) is 13.2 Å². The molecule has 0 aromatic heterocycles. The molecule has 0 saturated carbocycles. The molecule has 7 heteroatoms. The highest BCUT2D eigenvalue weighted by atomic mass is 16.6. The second-order valence-corrected chi connectivity index (χ2v) is 8.29. The summed E-state index contributed by atoms with van der Waals surface area (Å²) in [5.74, 6) is -0.558. The molecule has 0 aromatic rings. The summed E-state index contributed by atoms with van der Waals surface area (Å²) in [5.41, 5.74) is 0. The van der Waals surface area contributed by atoms with Crippen molar-refractivity contribution in [3.05, 3.63) is 0 Å². The topological polar surface area (TPSA) is 127 Å². The van der Waals surface area contributed by atoms with E-state index in [1.807, 2.05) is 0 Å². The highest BCUT2D eigenvalue weighted by Gasteiger charge is 2.33. The Kier molecular flexibility index (Phi) is 19.7. The quantitative estimate of drug-likeness (QED) is 0.139. The number of carbonyl (C=O) groups is 1. The van der Waals surface area contributed by atoms with Crippen molar-refractivity contribution >= 4 is 5.97 Å². The van der Waals surface area contributed by atoms with Crippen LogP contribution in [-0.2, 0) is 9.53 Å². The predicted molar refractivity (Wildman–Crippen MR) is 117 cm³/mol. The van der Waals surface area contributed by atoms with Crippen LogP contribution in [0.15, 0.2) is 0 Å². The van der Waals surface area contributed by atoms with E-state index in [0.29, 0.717) is 6.42 Å². The van der Waals surface area contributed by atoms with Crippen molar-refractivity contribution in [3.8, 4) is 0 Å². The number of unbranched alkanes of at least 4 members (excludes halogenated alkanes) is 13. The van der Waals surface area contributed by atoms with E-state index in [1.165, 1.54) is 64.2 Å². The molecule has 5 N–H and O–H groups in total. The molecule has 0 radical (unpaired) electrons. The van der Waals surface area contributed by atoms with Gasteiger partial charge in [-0.1, -0.05) is 90.4 Å². The Hall–Kier alpha value is -0.730. The van der Waals surface area contributed by atoms with E-state index in [9.17, 15) is 25.2 Å². The van der Waals surface area contributed by atoms with Crippen molar-refractivity contribution in [2.45, 2.75) is 128 Å². The van der Waals surface area contributed by atoms with Gasteiger partial charge in [0.05, 0.1) is 13.2 Å². The molecule has 0 aliphatic heterocycles. The predicted octanol–water partition coefficient (Wildman–Crippen LogP) is 2.84. The Morgan fingerprint density at radius 3 is 1.50 bits per heavy atom. The van der Waals surface area contributed by atoms with Crippen LogP contribution in [0.1, 0.15) is 103 Å². The minimum Gasteiger partial charge on any atom is -0.457 e. The summed E-state index contributed by atoms with van der Waals surface area (Å²) in [4.78, 5) is 11.9. The third-order valence-corrected chi connectivity index (χ3v) is 5.51. The van der Waals surface area contributed by atoms with Crippen molar-refractivity contribution in [3.63, 3.8) is 0 Å². The van der Waals surface area contributed by atoms with Crippen LogP contribution in [0, 0.1) is 0 Å². The van der Waals surface area contributed by atoms with Crippen LogP contribution in [0.25, 0.3) is 0 Å². The van der Waals surface area contributed by atoms with Crippen LogP contribution in [0.3, 0.4) is 0 Å². The summed E-state index contributed by atoms with van der Waals surface area (Å²) < 4.78 is 5.00. The highest BCUT2D eigenvalue weighted by Crippen LogP contribution is 2.14. The molecule has 7 nitrogen and oxygen atoms in total. The Labute approximate surface area is 182 Å². The first-order valence-electron chi connectivity index (χ1n) is 11.9. The van der Waals surface area contributed by atoms with Crippen molar-refractivity contribution in [2.24, 2.45) is 0 Å². The number of aliphatic hydroxyl groups excluding tert-OH is 5. The van der Waals surface area contributed by atoms with Gasteiger partial charge in [-0.05, 0) is 6.42 Å². The van der Waals surface area contributed by atoms with Gasteiger partial charge < -0.3 is 30.3 Å². The number of ether oxygens (including phenoxy) is 1. The van der Waals surface area contributed by atoms with E-state index >= 15 is 0 Å². The molecule has 30 heavy (non-hydrogen) atoms. The van der Waals surface area contributed by atoms with Crippen molar-refractivity contribution in [1.82, 2.24) is 0 Å². The molecule has 0 heterocycles. The molecule has 0 aliphatic carbocycles. The number of hydrogen-bond donors (Lipinski definition) is 5. The Morgan fingerprint density at radius 1 is 0.667 bits per heavy atom. The van der Waals surface area contributed by atoms with Gasteiger partial charge in [0, 0.05) is 6.42 Å². The second-order valence-electron chi connectivity index (χ2n) is 8.29. The zero-order chi connectivity index (χ0) is 22.6. The molecule has 0 aliphatic rings. The highest BCUT2D eigenvalue weighted by molar-refractivity contribution is 5.69. The fraction of sp³-hybridized carbons (Fsp3) is 0.957. The van der Waals surface area contributed by atoms with Gasteiger partial charge >= 0.3 is 5.97 Å². The van der Waals surface area contributed by atoms with Crippen LogP contribution in [0.2, 0.25) is 0 Å². The number of carbonyl (C=O) groups excluding carboxylic acids is 1. The van der Waals surface area contributed by atoms with Gasteiger partial charge in [-0.2, -0.15) is 0 Å². The van der Waals surface area contributed by atoms with Crippen molar-refractivity contribution in [1.29, 1.82) is 0 Å². The molecule has 0 rings (SSSR count). The normalized spacial score (nSPS) is 15.5. The maximum absolute atomic E-state index is 11.9. The molecule has 0 spiro atoms. The lowest BCUT2D eigenvalue weighted by atomic mass is 10.0. The average Bonchev–Trinajstić information content (AvgIpc) is 2.76. The van der Waals surface area contributed by atoms with E-state index in [1.54, 1.807) is 0 Å². The summed E-state index contributed by atoms with van der Waals surface area (Å²) in [5, 5.41) is 46.9. The fourth-order valence-electron chi connectivity index (χ4n) is 3.46. The smallest absolute Gasteiger partial charge is 0.306 e. The molecule has 0 aromatic carbocycles. The van der Waals surface area contributed by atoms with Crippen molar-refractivity contribution < 1.29 is 35.1 Å². The monoisotopic (exact) mass is 434 g/mol. The molecular formula is C23H46O7. The standard InChI is InChI=1S/C23H46O7/c1-2-3-4-5-6-7-8-9-10-11-12-13-14-15-16-21(27)30-20(18-25)23(29)22(28)19(26)17-24/h19-20,22-26,28-29H,2-18H2,1H3/t19-,20-,22-,23-/m0/s1. The first kappa shape index (κ1) is 29.3. The molecule has 0 bridgehead atoms. The van der Waals surface area contributed by atoms with Gasteiger partial charge in [0.1, 0.15) is 18.3 Å². The van der Waals surface area contributed by atoms with Gasteiger partial charge in [-0.25, -0.2) is 0 Å². The molecule has 4 atom stereocenters. The number of aliphatic hydroxyl groups is 5. The van der Waals surface area contributed by atoms with E-state index in [4.69, 9.17) is 9.84 Å². The van der Waals surface area contributed by atoms with Gasteiger partial charge in [-0.15, -0.1) is 0 Å². The van der Waals surface area contributed by atoms with Gasteiger partial charge in [-0.3, -0.25) is 4.79 Å². The van der Waals surface area contributed by atoms with Crippen LogP contribution in [-0.4, -0.2) is 69.1 Å². The third kappa shape index (κ3) is 15.1. The van der Waals surface area contributed by atoms with E-state index in [-0.39, 0.29) is 6.42 Å². The lowest BCUT2D eigenvalue weighted by Gasteiger charge is -2.27. The molecular weight excluding hydrogens is 388 g/mol. The van der Waals surface area contributed by atoms with Gasteiger partial charge in [0.15, 0.2) is 6.10 Å².